The van der Waals surface area contributed by atoms with Crippen LogP contribution in [0.2, 0.25) is 0 Å². The Morgan fingerprint density at radius 3 is 2.44 bits per heavy atom. The lowest BCUT2D eigenvalue weighted by molar-refractivity contribution is 0.0627. The van der Waals surface area contributed by atoms with E-state index >= 15 is 0 Å². The first-order valence-electron chi connectivity index (χ1n) is 12.7. The van der Waals surface area contributed by atoms with Gasteiger partial charge in [-0.2, -0.15) is 5.26 Å². The number of piperazine rings is 1. The van der Waals surface area contributed by atoms with Crippen molar-refractivity contribution in [1.29, 1.82) is 5.26 Å². The second-order valence-corrected chi connectivity index (χ2v) is 9.46. The Kier molecular flexibility index (Phi) is 7.11. The summed E-state index contributed by atoms with van der Waals surface area (Å²) in [6.07, 6.45) is 5.90. The Hall–Kier alpha value is -3.95. The van der Waals surface area contributed by atoms with Crippen molar-refractivity contribution in [2.75, 3.05) is 26.2 Å². The van der Waals surface area contributed by atoms with E-state index in [4.69, 9.17) is 5.26 Å². The number of carbonyl (C=O) groups excluding carboxylic acids is 1. The van der Waals surface area contributed by atoms with E-state index in [9.17, 15) is 4.79 Å². The molecule has 36 heavy (non-hydrogen) atoms. The molecule has 3 aromatic carbocycles. The average Bonchev–Trinajstić information content (AvgIpc) is 3.35. The Labute approximate surface area is 212 Å². The van der Waals surface area contributed by atoms with E-state index in [0.717, 1.165) is 61.2 Å². The number of rotatable bonds is 7. The summed E-state index contributed by atoms with van der Waals surface area (Å²) in [6, 6.07) is 22.3. The smallest absolute Gasteiger partial charge is 0.254 e. The summed E-state index contributed by atoms with van der Waals surface area (Å²) in [5, 5.41) is 11.3. The highest BCUT2D eigenvalue weighted by molar-refractivity contribution is 6.07. The molecular weight excluding hydrogens is 446 g/mol. The third kappa shape index (κ3) is 5.02. The second-order valence-electron chi connectivity index (χ2n) is 9.46. The molecule has 0 atom stereocenters. The minimum atomic E-state index is 0.125. The molecule has 5 rings (SSSR count). The van der Waals surface area contributed by atoms with Crippen molar-refractivity contribution >= 4 is 16.7 Å². The van der Waals surface area contributed by atoms with Gasteiger partial charge in [0, 0.05) is 51.0 Å². The highest BCUT2D eigenvalue weighted by Gasteiger charge is 2.24. The lowest BCUT2D eigenvalue weighted by Gasteiger charge is -2.35. The molecule has 1 saturated heterocycles. The van der Waals surface area contributed by atoms with Crippen molar-refractivity contribution < 1.29 is 4.79 Å². The van der Waals surface area contributed by atoms with E-state index in [2.05, 4.69) is 51.7 Å². The van der Waals surface area contributed by atoms with Crippen LogP contribution < -0.4 is 0 Å². The molecule has 0 radical (unpaired) electrons. The first kappa shape index (κ1) is 23.8. The molecular formula is C30H31N5O. The van der Waals surface area contributed by atoms with Crippen LogP contribution in [0.5, 0.6) is 0 Å². The number of aromatic nitrogens is 2. The first-order chi connectivity index (χ1) is 17.7. The second kappa shape index (κ2) is 10.8. The number of nitriles is 1. The number of aryl methyl sites for hydroxylation is 1. The standard InChI is InChI=1S/C30H31N5O/c1-2-5-25-6-3-8-28-27(25)7-4-9-29(28)30(36)34-16-14-33(15-17-34)21-26-19-32-22-35(26)20-24-12-10-23(18-31)11-13-24/h3-4,6-13,19,22H,2,5,14-17,20-21H2,1H3. The molecule has 0 bridgehead atoms. The summed E-state index contributed by atoms with van der Waals surface area (Å²) >= 11 is 0. The molecule has 2 heterocycles. The van der Waals surface area contributed by atoms with Gasteiger partial charge >= 0.3 is 0 Å². The monoisotopic (exact) mass is 477 g/mol. The number of nitrogens with zero attached hydrogens (tertiary/aromatic N) is 5. The largest absolute Gasteiger partial charge is 0.336 e. The van der Waals surface area contributed by atoms with Gasteiger partial charge in [-0.15, -0.1) is 0 Å². The van der Waals surface area contributed by atoms with Crippen LogP contribution in [0.3, 0.4) is 0 Å². The fraction of sp³-hybridized carbons (Fsp3) is 0.300. The van der Waals surface area contributed by atoms with Crippen molar-refractivity contribution in [3.63, 3.8) is 0 Å². The zero-order valence-corrected chi connectivity index (χ0v) is 20.7. The van der Waals surface area contributed by atoms with Gasteiger partial charge in [-0.1, -0.05) is 55.8 Å². The van der Waals surface area contributed by atoms with Crippen LogP contribution in [-0.2, 0) is 19.5 Å². The third-order valence-corrected chi connectivity index (χ3v) is 7.04. The number of hydrogen-bond donors (Lipinski definition) is 0. The topological polar surface area (TPSA) is 65.2 Å². The maximum atomic E-state index is 13.5. The molecule has 6 heteroatoms. The molecule has 0 unspecified atom stereocenters. The van der Waals surface area contributed by atoms with Gasteiger partial charge in [0.2, 0.25) is 0 Å². The highest BCUT2D eigenvalue weighted by atomic mass is 16.2. The van der Waals surface area contributed by atoms with Crippen LogP contribution in [0.1, 0.15) is 46.1 Å². The molecule has 182 valence electrons. The SMILES string of the molecule is CCCc1cccc2c(C(=O)N3CCN(Cc4cncn4Cc4ccc(C#N)cc4)CC3)cccc12. The molecule has 1 aromatic heterocycles. The Morgan fingerprint density at radius 2 is 1.69 bits per heavy atom. The summed E-state index contributed by atoms with van der Waals surface area (Å²) in [5.74, 6) is 0.125. The number of fused-ring (bicyclic) bond motifs is 1. The predicted molar refractivity (Wildman–Crippen MR) is 142 cm³/mol. The molecule has 0 N–H and O–H groups in total. The maximum Gasteiger partial charge on any atom is 0.254 e. The van der Waals surface area contributed by atoms with Gasteiger partial charge in [-0.25, -0.2) is 4.98 Å². The molecule has 0 aliphatic carbocycles. The van der Waals surface area contributed by atoms with Crippen LogP contribution in [0.25, 0.3) is 10.8 Å². The fourth-order valence-electron chi connectivity index (χ4n) is 5.06. The van der Waals surface area contributed by atoms with E-state index in [1.54, 1.807) is 0 Å². The lowest BCUT2D eigenvalue weighted by atomic mass is 9.97. The third-order valence-electron chi connectivity index (χ3n) is 7.04. The molecule has 0 spiro atoms. The van der Waals surface area contributed by atoms with Crippen LogP contribution in [0.15, 0.2) is 73.2 Å². The summed E-state index contributed by atoms with van der Waals surface area (Å²) in [5.41, 5.74) is 5.07. The van der Waals surface area contributed by atoms with E-state index in [1.807, 2.05) is 53.8 Å². The van der Waals surface area contributed by atoms with Crippen LogP contribution in [-0.4, -0.2) is 51.4 Å². The fourth-order valence-corrected chi connectivity index (χ4v) is 5.06. The van der Waals surface area contributed by atoms with Crippen LogP contribution >= 0.6 is 0 Å². The zero-order chi connectivity index (χ0) is 24.9. The molecule has 4 aromatic rings. The number of imidazole rings is 1. The zero-order valence-electron chi connectivity index (χ0n) is 20.7. The average molecular weight is 478 g/mol. The molecule has 0 saturated carbocycles. The maximum absolute atomic E-state index is 13.5. The first-order valence-corrected chi connectivity index (χ1v) is 12.7. The number of amides is 1. The van der Waals surface area contributed by atoms with Crippen LogP contribution in [0.4, 0.5) is 0 Å². The lowest BCUT2D eigenvalue weighted by Crippen LogP contribution is -2.48. The van der Waals surface area contributed by atoms with Crippen molar-refractivity contribution in [3.05, 3.63) is 101 Å². The van der Waals surface area contributed by atoms with Gasteiger partial charge in [0.25, 0.3) is 5.91 Å². The van der Waals surface area contributed by atoms with Gasteiger partial charge < -0.3 is 9.47 Å². The van der Waals surface area contributed by atoms with Crippen molar-refractivity contribution in [3.8, 4) is 6.07 Å². The normalized spacial score (nSPS) is 14.2. The summed E-state index contributed by atoms with van der Waals surface area (Å²) in [6.45, 7) is 6.81. The Morgan fingerprint density at radius 1 is 0.944 bits per heavy atom. The summed E-state index contributed by atoms with van der Waals surface area (Å²) in [4.78, 5) is 22.2. The summed E-state index contributed by atoms with van der Waals surface area (Å²) in [7, 11) is 0. The molecule has 1 aliphatic rings. The summed E-state index contributed by atoms with van der Waals surface area (Å²) < 4.78 is 2.16. The highest BCUT2D eigenvalue weighted by Crippen LogP contribution is 2.25. The van der Waals surface area contributed by atoms with E-state index in [-0.39, 0.29) is 5.91 Å². The molecule has 1 aliphatic heterocycles. The van der Waals surface area contributed by atoms with Crippen molar-refractivity contribution in [2.45, 2.75) is 32.9 Å². The molecule has 6 nitrogen and oxygen atoms in total. The Bertz CT molecular complexity index is 1390. The quantitative estimate of drug-likeness (QED) is 0.381. The van der Waals surface area contributed by atoms with Crippen molar-refractivity contribution in [2.24, 2.45) is 0 Å². The van der Waals surface area contributed by atoms with Gasteiger partial charge in [-0.05, 0) is 46.5 Å². The number of hydrogen-bond acceptors (Lipinski definition) is 4. The van der Waals surface area contributed by atoms with E-state index < -0.39 is 0 Å². The van der Waals surface area contributed by atoms with Crippen LogP contribution in [0, 0.1) is 11.3 Å². The van der Waals surface area contributed by atoms with Gasteiger partial charge in [0.1, 0.15) is 0 Å². The predicted octanol–water partition coefficient (Wildman–Crippen LogP) is 4.87. The minimum absolute atomic E-state index is 0.125. The number of carbonyl (C=O) groups is 1. The Balaban J connectivity index is 1.23. The number of benzene rings is 3. The molecule has 1 amide bonds. The van der Waals surface area contributed by atoms with Gasteiger partial charge in [-0.3, -0.25) is 9.69 Å². The van der Waals surface area contributed by atoms with Crippen molar-refractivity contribution in [1.82, 2.24) is 19.4 Å². The van der Waals surface area contributed by atoms with E-state index in [1.165, 1.54) is 10.9 Å². The van der Waals surface area contributed by atoms with Gasteiger partial charge in [0.05, 0.1) is 23.7 Å². The van der Waals surface area contributed by atoms with Gasteiger partial charge in [0.15, 0.2) is 0 Å². The molecule has 1 fully saturated rings. The van der Waals surface area contributed by atoms with E-state index in [0.29, 0.717) is 18.7 Å². The minimum Gasteiger partial charge on any atom is -0.336 e.